The van der Waals surface area contributed by atoms with Crippen molar-refractivity contribution in [3.05, 3.63) is 40.0 Å². The van der Waals surface area contributed by atoms with Gasteiger partial charge in [-0.2, -0.15) is 0 Å². The monoisotopic (exact) mass is 348 g/mol. The molecule has 0 unspecified atom stereocenters. The zero-order chi connectivity index (χ0) is 12.6. The predicted molar refractivity (Wildman–Crippen MR) is 73.5 cm³/mol. The molecule has 0 radical (unpaired) electrons. The summed E-state index contributed by atoms with van der Waals surface area (Å²) in [4.78, 5) is 4.40. The maximum Gasteiger partial charge on any atom is 0.105 e. The Balaban J connectivity index is 0.00000162. The van der Waals surface area contributed by atoms with E-state index >= 15 is 0 Å². The molecule has 0 aliphatic rings. The van der Waals surface area contributed by atoms with E-state index in [4.69, 9.17) is 23.2 Å². The Morgan fingerprint density at radius 3 is 2.33 bits per heavy atom. The number of hydrogen-bond acceptors (Lipinski definition) is 1. The zero-order valence-corrected chi connectivity index (χ0v) is 13.6. The quantitative estimate of drug-likeness (QED) is 0.729. The fourth-order valence-electron chi connectivity index (χ4n) is 1.83. The summed E-state index contributed by atoms with van der Waals surface area (Å²) in [7, 11) is 6.43. The molecule has 1 heterocycles. The smallest absolute Gasteiger partial charge is 0.105 e. The molecule has 0 spiro atoms. The first-order valence-corrected chi connectivity index (χ1v) is 6.15. The molecule has 98 valence electrons. The van der Waals surface area contributed by atoms with Crippen molar-refractivity contribution in [1.29, 1.82) is 0 Å². The van der Waals surface area contributed by atoms with Gasteiger partial charge in [0.1, 0.15) is 6.54 Å². The largest absolute Gasteiger partial charge is 1.00 e. The van der Waals surface area contributed by atoms with Gasteiger partial charge >= 0.3 is 0 Å². The first-order chi connectivity index (χ1) is 7.87. The van der Waals surface area contributed by atoms with E-state index < -0.39 is 0 Å². The summed E-state index contributed by atoms with van der Waals surface area (Å²) in [5.74, 6) is 0. The summed E-state index contributed by atoms with van der Waals surface area (Å²) in [6.45, 7) is 0.909. The van der Waals surface area contributed by atoms with Crippen molar-refractivity contribution >= 4 is 34.1 Å². The second kappa shape index (κ2) is 5.74. The molecule has 0 saturated heterocycles. The van der Waals surface area contributed by atoms with E-state index in [9.17, 15) is 0 Å². The van der Waals surface area contributed by atoms with Crippen LogP contribution < -0.4 is 17.0 Å². The van der Waals surface area contributed by atoms with Gasteiger partial charge in [0.05, 0.1) is 36.7 Å². The highest BCUT2D eigenvalue weighted by atomic mass is 79.9. The fraction of sp³-hybridized carbons (Fsp3) is 0.308. The average molecular weight is 350 g/mol. The molecule has 2 rings (SSSR count). The molecule has 5 heteroatoms. The molecule has 2 aromatic rings. The number of fused-ring (bicyclic) bond motifs is 1. The Hall–Kier alpha value is -0.350. The molecule has 0 fully saturated rings. The Morgan fingerprint density at radius 2 is 1.72 bits per heavy atom. The molecule has 2 nitrogen and oxygen atoms in total. The number of rotatable bonds is 2. The predicted octanol–water partition coefficient (Wildman–Crippen LogP) is 0.752. The standard InChI is InChI=1S/C13H15Cl2N2.BrH/c1-17(2,3)8-9-6-10-11(14)4-5-12(15)13(10)16-7-9;/h4-7H,8H2,1-3H3;1H/q+1;/p-1. The number of quaternary nitrogens is 1. The lowest BCUT2D eigenvalue weighted by Gasteiger charge is -2.23. The van der Waals surface area contributed by atoms with Crippen molar-refractivity contribution in [1.82, 2.24) is 4.98 Å². The maximum atomic E-state index is 6.17. The van der Waals surface area contributed by atoms with Gasteiger partial charge in [0.15, 0.2) is 0 Å². The summed E-state index contributed by atoms with van der Waals surface area (Å²) >= 11 is 12.3. The van der Waals surface area contributed by atoms with Gasteiger partial charge in [-0.3, -0.25) is 4.98 Å². The lowest BCUT2D eigenvalue weighted by Crippen LogP contribution is -3.00. The number of hydrogen-bond donors (Lipinski definition) is 0. The molecular formula is C13H15BrCl2N2. The van der Waals surface area contributed by atoms with E-state index in [-0.39, 0.29) is 17.0 Å². The third kappa shape index (κ3) is 3.58. The van der Waals surface area contributed by atoms with Crippen LogP contribution in [-0.4, -0.2) is 30.6 Å². The van der Waals surface area contributed by atoms with Gasteiger partial charge in [0, 0.05) is 17.1 Å². The molecule has 1 aromatic carbocycles. The molecule has 0 aliphatic carbocycles. The first kappa shape index (κ1) is 15.7. The zero-order valence-electron chi connectivity index (χ0n) is 10.5. The van der Waals surface area contributed by atoms with Crippen LogP contribution in [0.25, 0.3) is 10.9 Å². The van der Waals surface area contributed by atoms with Gasteiger partial charge in [-0.05, 0) is 18.2 Å². The number of benzene rings is 1. The minimum absolute atomic E-state index is 0. The van der Waals surface area contributed by atoms with Gasteiger partial charge < -0.3 is 21.5 Å². The summed E-state index contributed by atoms with van der Waals surface area (Å²) < 4.78 is 0.853. The van der Waals surface area contributed by atoms with Crippen LogP contribution >= 0.6 is 23.2 Å². The summed E-state index contributed by atoms with van der Waals surface area (Å²) in [5, 5.41) is 2.26. The Bertz CT molecular complexity index is 565. The fourth-order valence-corrected chi connectivity index (χ4v) is 2.25. The van der Waals surface area contributed by atoms with Crippen LogP contribution in [-0.2, 0) is 6.54 Å². The van der Waals surface area contributed by atoms with Crippen LogP contribution in [0.3, 0.4) is 0 Å². The molecule has 0 atom stereocenters. The van der Waals surface area contributed by atoms with Gasteiger partial charge in [-0.15, -0.1) is 0 Å². The molecule has 0 aliphatic heterocycles. The molecule has 0 bridgehead atoms. The highest BCUT2D eigenvalue weighted by Crippen LogP contribution is 2.29. The summed E-state index contributed by atoms with van der Waals surface area (Å²) in [6, 6.07) is 5.66. The summed E-state index contributed by atoms with van der Waals surface area (Å²) in [6.07, 6.45) is 1.87. The highest BCUT2D eigenvalue weighted by Gasteiger charge is 2.11. The van der Waals surface area contributed by atoms with E-state index in [0.29, 0.717) is 10.0 Å². The summed E-state index contributed by atoms with van der Waals surface area (Å²) in [5.41, 5.74) is 1.93. The van der Waals surface area contributed by atoms with E-state index in [1.807, 2.05) is 12.3 Å². The Labute approximate surface area is 128 Å². The third-order valence-electron chi connectivity index (χ3n) is 2.46. The molecule has 1 aromatic heterocycles. The molecule has 18 heavy (non-hydrogen) atoms. The van der Waals surface area contributed by atoms with Crippen molar-refractivity contribution in [2.75, 3.05) is 21.1 Å². The van der Waals surface area contributed by atoms with Crippen LogP contribution in [0.2, 0.25) is 10.0 Å². The lowest BCUT2D eigenvalue weighted by atomic mass is 10.1. The van der Waals surface area contributed by atoms with Crippen LogP contribution in [0.5, 0.6) is 0 Å². The molecular weight excluding hydrogens is 335 g/mol. The average Bonchev–Trinajstić information content (AvgIpc) is 2.21. The van der Waals surface area contributed by atoms with Crippen molar-refractivity contribution in [3.8, 4) is 0 Å². The van der Waals surface area contributed by atoms with Gasteiger partial charge in [-0.1, -0.05) is 23.2 Å². The number of aromatic nitrogens is 1. The first-order valence-electron chi connectivity index (χ1n) is 5.40. The lowest BCUT2D eigenvalue weighted by molar-refractivity contribution is -0.884. The van der Waals surface area contributed by atoms with Crippen molar-refractivity contribution in [2.45, 2.75) is 6.54 Å². The van der Waals surface area contributed by atoms with Crippen molar-refractivity contribution in [3.63, 3.8) is 0 Å². The normalized spacial score (nSPS) is 11.4. The number of nitrogens with zero attached hydrogens (tertiary/aromatic N) is 2. The molecule has 0 amide bonds. The SMILES string of the molecule is C[N+](C)(C)Cc1cnc2c(Cl)ccc(Cl)c2c1.[Br-]. The number of halogens is 3. The Morgan fingerprint density at radius 1 is 1.11 bits per heavy atom. The van der Waals surface area contributed by atoms with Crippen LogP contribution in [0.4, 0.5) is 0 Å². The molecule has 0 N–H and O–H groups in total. The van der Waals surface area contributed by atoms with Crippen LogP contribution in [0.15, 0.2) is 24.4 Å². The van der Waals surface area contributed by atoms with E-state index in [1.54, 1.807) is 6.07 Å². The third-order valence-corrected chi connectivity index (χ3v) is 3.10. The number of pyridine rings is 1. The van der Waals surface area contributed by atoms with E-state index in [1.165, 1.54) is 0 Å². The minimum atomic E-state index is 0. The van der Waals surface area contributed by atoms with Gasteiger partial charge in [0.25, 0.3) is 0 Å². The minimum Gasteiger partial charge on any atom is -1.00 e. The van der Waals surface area contributed by atoms with Crippen molar-refractivity contribution < 1.29 is 21.5 Å². The highest BCUT2D eigenvalue weighted by molar-refractivity contribution is 6.39. The topological polar surface area (TPSA) is 12.9 Å². The van der Waals surface area contributed by atoms with Gasteiger partial charge in [0.2, 0.25) is 0 Å². The second-order valence-corrected chi connectivity index (χ2v) is 6.03. The molecule has 0 saturated carbocycles. The van der Waals surface area contributed by atoms with E-state index in [2.05, 4.69) is 32.2 Å². The Kier molecular flexibility index (Phi) is 5.01. The second-order valence-electron chi connectivity index (χ2n) is 5.22. The van der Waals surface area contributed by atoms with Gasteiger partial charge in [-0.25, -0.2) is 0 Å². The van der Waals surface area contributed by atoms with Crippen LogP contribution in [0.1, 0.15) is 5.56 Å². The van der Waals surface area contributed by atoms with Crippen LogP contribution in [0, 0.1) is 0 Å². The van der Waals surface area contributed by atoms with E-state index in [0.717, 1.165) is 27.5 Å². The van der Waals surface area contributed by atoms with Crippen molar-refractivity contribution in [2.24, 2.45) is 0 Å². The maximum absolute atomic E-state index is 6.17.